The fourth-order valence-corrected chi connectivity index (χ4v) is 6.45. The summed E-state index contributed by atoms with van der Waals surface area (Å²) in [6.07, 6.45) is 3.89. The van der Waals surface area contributed by atoms with Crippen molar-refractivity contribution in [1.82, 2.24) is 10.2 Å². The van der Waals surface area contributed by atoms with E-state index in [-0.39, 0.29) is 29.1 Å². The van der Waals surface area contributed by atoms with Gasteiger partial charge in [0.15, 0.2) is 0 Å². The van der Waals surface area contributed by atoms with E-state index in [2.05, 4.69) is 5.32 Å². The average Bonchev–Trinajstić information content (AvgIpc) is 3.52. The third kappa shape index (κ3) is 7.54. The van der Waals surface area contributed by atoms with Gasteiger partial charge < -0.3 is 19.7 Å². The number of rotatable bonds is 12. The molecule has 1 fully saturated rings. The molecule has 3 aromatic carbocycles. The quantitative estimate of drug-likeness (QED) is 0.307. The number of hydrogen-bond acceptors (Lipinski definition) is 6. The molecule has 1 aliphatic carbocycles. The summed E-state index contributed by atoms with van der Waals surface area (Å²) in [6, 6.07) is 18.5. The van der Waals surface area contributed by atoms with E-state index in [1.165, 1.54) is 24.1 Å². The predicted octanol–water partition coefficient (Wildman–Crippen LogP) is 5.03. The molecule has 1 unspecified atom stereocenters. The normalized spacial score (nSPS) is 14.2. The summed E-state index contributed by atoms with van der Waals surface area (Å²) in [5, 5.41) is 3.49. The lowest BCUT2D eigenvalue weighted by atomic mass is 10.1. The van der Waals surface area contributed by atoms with E-state index in [9.17, 15) is 18.0 Å². The van der Waals surface area contributed by atoms with Gasteiger partial charge in [-0.3, -0.25) is 13.9 Å². The van der Waals surface area contributed by atoms with Gasteiger partial charge in [-0.2, -0.15) is 0 Å². The Hall–Kier alpha value is -3.76. The van der Waals surface area contributed by atoms with Crippen molar-refractivity contribution in [2.24, 2.45) is 0 Å². The Morgan fingerprint density at radius 1 is 0.905 bits per heavy atom. The van der Waals surface area contributed by atoms with Gasteiger partial charge in [0, 0.05) is 17.6 Å². The Labute approximate surface area is 252 Å². The van der Waals surface area contributed by atoms with Crippen molar-refractivity contribution in [3.8, 4) is 11.5 Å². The Morgan fingerprint density at radius 3 is 2.00 bits per heavy atom. The predicted molar refractivity (Wildman–Crippen MR) is 162 cm³/mol. The summed E-state index contributed by atoms with van der Waals surface area (Å²) in [5.41, 5.74) is 1.02. The van der Waals surface area contributed by atoms with E-state index < -0.39 is 28.5 Å². The molecule has 0 saturated heterocycles. The van der Waals surface area contributed by atoms with Crippen LogP contribution in [0.25, 0.3) is 0 Å². The maximum atomic E-state index is 14.1. The maximum Gasteiger partial charge on any atom is 0.264 e. The Morgan fingerprint density at radius 2 is 1.45 bits per heavy atom. The van der Waals surface area contributed by atoms with Crippen LogP contribution in [-0.4, -0.2) is 58.0 Å². The summed E-state index contributed by atoms with van der Waals surface area (Å²) < 4.78 is 39.3. The molecule has 11 heteroatoms. The SMILES string of the molecule is COc1ccc(CN(C(=O)CN(c2ccc(Cl)cc2)S(=O)(=O)c2ccc(OC)cc2)C(C)C(=O)NC2CCCC2)cc1. The maximum absolute atomic E-state index is 14.1. The van der Waals surface area contributed by atoms with Crippen LogP contribution in [0.4, 0.5) is 5.69 Å². The van der Waals surface area contributed by atoms with E-state index in [1.54, 1.807) is 62.6 Å². The van der Waals surface area contributed by atoms with Crippen LogP contribution in [0.5, 0.6) is 11.5 Å². The van der Waals surface area contributed by atoms with E-state index >= 15 is 0 Å². The van der Waals surface area contributed by atoms with Crippen LogP contribution in [0, 0.1) is 0 Å². The van der Waals surface area contributed by atoms with Crippen molar-refractivity contribution >= 4 is 39.1 Å². The number of benzene rings is 3. The molecule has 0 spiro atoms. The van der Waals surface area contributed by atoms with Gasteiger partial charge in [0.1, 0.15) is 24.1 Å². The van der Waals surface area contributed by atoms with Gasteiger partial charge >= 0.3 is 0 Å². The second kappa shape index (κ2) is 13.9. The van der Waals surface area contributed by atoms with E-state index in [0.29, 0.717) is 16.5 Å². The molecule has 1 saturated carbocycles. The second-order valence-corrected chi connectivity index (χ2v) is 12.5. The Bertz CT molecular complexity index is 1460. The highest BCUT2D eigenvalue weighted by Crippen LogP contribution is 2.27. The molecule has 224 valence electrons. The lowest BCUT2D eigenvalue weighted by Crippen LogP contribution is -2.52. The molecule has 0 bridgehead atoms. The number of nitrogens with zero attached hydrogens (tertiary/aromatic N) is 2. The molecule has 1 atom stereocenters. The van der Waals surface area contributed by atoms with Crippen LogP contribution in [0.2, 0.25) is 5.02 Å². The molecule has 1 N–H and O–H groups in total. The molecule has 3 aromatic rings. The van der Waals surface area contributed by atoms with Crippen LogP contribution in [0.3, 0.4) is 0 Å². The van der Waals surface area contributed by atoms with Crippen LogP contribution in [0.15, 0.2) is 77.7 Å². The van der Waals surface area contributed by atoms with E-state index in [4.69, 9.17) is 21.1 Å². The number of methoxy groups -OCH3 is 2. The number of sulfonamides is 1. The zero-order valence-corrected chi connectivity index (χ0v) is 25.5. The number of anilines is 1. The number of halogens is 1. The molecule has 2 amide bonds. The summed E-state index contributed by atoms with van der Waals surface area (Å²) in [4.78, 5) is 28.8. The number of ether oxygens (including phenoxy) is 2. The molecule has 42 heavy (non-hydrogen) atoms. The van der Waals surface area contributed by atoms with Crippen molar-refractivity contribution in [1.29, 1.82) is 0 Å². The van der Waals surface area contributed by atoms with E-state index in [0.717, 1.165) is 35.6 Å². The molecule has 0 aromatic heterocycles. The monoisotopic (exact) mass is 613 g/mol. The molecule has 1 aliphatic rings. The van der Waals surface area contributed by atoms with Crippen LogP contribution in [-0.2, 0) is 26.2 Å². The Kier molecular flexibility index (Phi) is 10.3. The highest BCUT2D eigenvalue weighted by atomic mass is 35.5. The summed E-state index contributed by atoms with van der Waals surface area (Å²) >= 11 is 6.08. The van der Waals surface area contributed by atoms with Crippen molar-refractivity contribution < 1.29 is 27.5 Å². The molecular weight excluding hydrogens is 578 g/mol. The van der Waals surface area contributed by atoms with Crippen molar-refractivity contribution in [3.63, 3.8) is 0 Å². The average molecular weight is 614 g/mol. The first-order chi connectivity index (χ1) is 20.1. The minimum atomic E-state index is -4.20. The van der Waals surface area contributed by atoms with Gasteiger partial charge in [0.05, 0.1) is 24.8 Å². The summed E-state index contributed by atoms with van der Waals surface area (Å²) in [5.74, 6) is 0.339. The molecule has 0 aliphatic heterocycles. The molecule has 9 nitrogen and oxygen atoms in total. The molecule has 0 radical (unpaired) electrons. The molecular formula is C31H36ClN3O6S. The topological polar surface area (TPSA) is 105 Å². The minimum absolute atomic E-state index is 0.0141. The number of carbonyl (C=O) groups is 2. The first kappa shape index (κ1) is 31.2. The number of hydrogen-bond donors (Lipinski definition) is 1. The first-order valence-corrected chi connectivity index (χ1v) is 15.6. The van der Waals surface area contributed by atoms with E-state index in [1.807, 2.05) is 12.1 Å². The third-order valence-electron chi connectivity index (χ3n) is 7.42. The fourth-order valence-electron chi connectivity index (χ4n) is 4.91. The summed E-state index contributed by atoms with van der Waals surface area (Å²) in [6.45, 7) is 1.22. The summed E-state index contributed by atoms with van der Waals surface area (Å²) in [7, 11) is -1.14. The van der Waals surface area contributed by atoms with Crippen molar-refractivity contribution in [2.75, 3.05) is 25.1 Å². The number of carbonyl (C=O) groups excluding carboxylic acids is 2. The second-order valence-electron chi connectivity index (χ2n) is 10.2. The van der Waals surface area contributed by atoms with Crippen LogP contribution in [0.1, 0.15) is 38.2 Å². The van der Waals surface area contributed by atoms with Gasteiger partial charge in [0.25, 0.3) is 10.0 Å². The van der Waals surface area contributed by atoms with Gasteiger partial charge in [-0.1, -0.05) is 36.6 Å². The highest BCUT2D eigenvalue weighted by Gasteiger charge is 2.33. The Balaban J connectivity index is 1.67. The smallest absolute Gasteiger partial charge is 0.264 e. The largest absolute Gasteiger partial charge is 0.497 e. The van der Waals surface area contributed by atoms with Crippen LogP contribution >= 0.6 is 11.6 Å². The van der Waals surface area contributed by atoms with Gasteiger partial charge in [-0.15, -0.1) is 0 Å². The van der Waals surface area contributed by atoms with Gasteiger partial charge in [0.2, 0.25) is 11.8 Å². The third-order valence-corrected chi connectivity index (χ3v) is 9.46. The minimum Gasteiger partial charge on any atom is -0.497 e. The zero-order chi connectivity index (χ0) is 30.3. The number of nitrogens with one attached hydrogen (secondary N) is 1. The number of amides is 2. The highest BCUT2D eigenvalue weighted by molar-refractivity contribution is 7.92. The first-order valence-electron chi connectivity index (χ1n) is 13.8. The van der Waals surface area contributed by atoms with Gasteiger partial charge in [-0.05, 0) is 86.0 Å². The lowest BCUT2D eigenvalue weighted by molar-refractivity contribution is -0.139. The van der Waals surface area contributed by atoms with Gasteiger partial charge in [-0.25, -0.2) is 8.42 Å². The zero-order valence-electron chi connectivity index (χ0n) is 24.0. The molecule has 0 heterocycles. The van der Waals surface area contributed by atoms with Crippen LogP contribution < -0.4 is 19.1 Å². The van der Waals surface area contributed by atoms with Crippen molar-refractivity contribution in [3.05, 3.63) is 83.4 Å². The standard InChI is InChI=1S/C31H36ClN3O6S/c1-22(31(37)33-25-6-4-5-7-25)34(20-23-8-14-27(40-2)15-9-23)30(36)21-35(26-12-10-24(32)11-13-26)42(38,39)29-18-16-28(41-3)17-19-29/h8-19,22,25H,4-7,20-21H2,1-3H3,(H,33,37). The molecule has 4 rings (SSSR count). The van der Waals surface area contributed by atoms with Crippen molar-refractivity contribution in [2.45, 2.75) is 56.1 Å². The lowest BCUT2D eigenvalue weighted by Gasteiger charge is -2.32. The fraction of sp³-hybridized carbons (Fsp3) is 0.355.